The number of amides is 5. The average Bonchev–Trinajstić information content (AvgIpc) is 2.96. The number of imide groups is 2. The second-order valence-electron chi connectivity index (χ2n) is 7.26. The van der Waals surface area contributed by atoms with E-state index in [4.69, 9.17) is 4.74 Å². The van der Waals surface area contributed by atoms with Crippen LogP contribution in [0.15, 0.2) is 30.3 Å². The summed E-state index contributed by atoms with van der Waals surface area (Å²) >= 11 is 0. The molecule has 1 saturated heterocycles. The number of nitrogens with zero attached hydrogens (tertiary/aromatic N) is 3. The molecule has 0 atom stereocenters. The lowest BCUT2D eigenvalue weighted by Gasteiger charge is -2.29. The Hall–Kier alpha value is -3.23. The summed E-state index contributed by atoms with van der Waals surface area (Å²) < 4.78 is 4.93. The maximum Gasteiger partial charge on any atom is 0.334 e. The molecule has 9 heteroatoms. The normalized spacial score (nSPS) is 17.4. The van der Waals surface area contributed by atoms with Crippen molar-refractivity contribution in [2.75, 3.05) is 24.6 Å². The molecule has 1 aromatic carbocycles. The Kier molecular flexibility index (Phi) is 6.81. The van der Waals surface area contributed by atoms with E-state index < -0.39 is 36.3 Å². The van der Waals surface area contributed by atoms with E-state index in [9.17, 15) is 24.0 Å². The number of urea groups is 1. The van der Waals surface area contributed by atoms with Gasteiger partial charge in [-0.05, 0) is 31.9 Å². The highest BCUT2D eigenvalue weighted by atomic mass is 16.5. The molecule has 160 valence electrons. The molecule has 0 N–H and O–H groups in total. The second-order valence-corrected chi connectivity index (χ2v) is 7.26. The lowest BCUT2D eigenvalue weighted by molar-refractivity contribution is -0.145. The molecule has 1 aliphatic carbocycles. The molecule has 2 fully saturated rings. The van der Waals surface area contributed by atoms with Crippen molar-refractivity contribution in [2.24, 2.45) is 0 Å². The number of anilines is 1. The van der Waals surface area contributed by atoms with E-state index in [1.54, 1.807) is 37.3 Å². The molecule has 0 radical (unpaired) electrons. The van der Waals surface area contributed by atoms with Crippen LogP contribution in [0.1, 0.15) is 39.0 Å². The molecule has 5 amide bonds. The summed E-state index contributed by atoms with van der Waals surface area (Å²) in [7, 11) is 0. The highest BCUT2D eigenvalue weighted by molar-refractivity contribution is 6.45. The zero-order valence-corrected chi connectivity index (χ0v) is 16.9. The summed E-state index contributed by atoms with van der Waals surface area (Å²) in [6, 6.07) is 7.32. The Morgan fingerprint density at radius 1 is 1.03 bits per heavy atom. The first-order valence-electron chi connectivity index (χ1n) is 10.1. The van der Waals surface area contributed by atoms with Crippen LogP contribution in [0.25, 0.3) is 0 Å². The average molecular weight is 415 g/mol. The Morgan fingerprint density at radius 2 is 1.70 bits per heavy atom. The Balaban J connectivity index is 1.77. The van der Waals surface area contributed by atoms with Gasteiger partial charge in [-0.2, -0.15) is 0 Å². The number of ether oxygens (including phenoxy) is 1. The lowest BCUT2D eigenvalue weighted by Crippen LogP contribution is -2.46. The van der Waals surface area contributed by atoms with Crippen LogP contribution in [-0.4, -0.2) is 65.3 Å². The quantitative estimate of drug-likeness (QED) is 0.381. The van der Waals surface area contributed by atoms with Crippen LogP contribution in [0.5, 0.6) is 0 Å². The number of esters is 1. The number of carbonyl (C=O) groups is 5. The Labute approximate surface area is 174 Å². The predicted octanol–water partition coefficient (Wildman–Crippen LogP) is 1.71. The van der Waals surface area contributed by atoms with E-state index >= 15 is 0 Å². The molecular formula is C21H25N3O6. The first kappa shape index (κ1) is 21.5. The predicted molar refractivity (Wildman–Crippen MR) is 106 cm³/mol. The maximum atomic E-state index is 13.0. The highest BCUT2D eigenvalue weighted by Gasteiger charge is 2.48. The van der Waals surface area contributed by atoms with Gasteiger partial charge in [-0.15, -0.1) is 0 Å². The Bertz CT molecular complexity index is 834. The fourth-order valence-electron chi connectivity index (χ4n) is 3.81. The third kappa shape index (κ3) is 4.50. The Morgan fingerprint density at radius 3 is 2.33 bits per heavy atom. The van der Waals surface area contributed by atoms with Crippen LogP contribution in [0.3, 0.4) is 0 Å². The van der Waals surface area contributed by atoms with Crippen molar-refractivity contribution in [3.63, 3.8) is 0 Å². The number of benzene rings is 1. The van der Waals surface area contributed by atoms with Crippen LogP contribution < -0.4 is 4.90 Å². The van der Waals surface area contributed by atoms with Crippen LogP contribution in [0, 0.1) is 0 Å². The monoisotopic (exact) mass is 415 g/mol. The number of para-hydroxylation sites is 1. The van der Waals surface area contributed by atoms with E-state index in [0.29, 0.717) is 23.4 Å². The molecule has 0 bridgehead atoms. The molecule has 30 heavy (non-hydrogen) atoms. The molecule has 1 heterocycles. The van der Waals surface area contributed by atoms with E-state index in [1.165, 1.54) is 0 Å². The van der Waals surface area contributed by atoms with Crippen LogP contribution in [-0.2, 0) is 23.9 Å². The zero-order chi connectivity index (χ0) is 21.7. The smallest absolute Gasteiger partial charge is 0.334 e. The van der Waals surface area contributed by atoms with Crippen molar-refractivity contribution in [1.29, 1.82) is 0 Å². The fourth-order valence-corrected chi connectivity index (χ4v) is 3.81. The van der Waals surface area contributed by atoms with Gasteiger partial charge in [-0.3, -0.25) is 29.0 Å². The van der Waals surface area contributed by atoms with Gasteiger partial charge in [0.05, 0.1) is 6.61 Å². The fraction of sp³-hybridized carbons (Fsp3) is 0.476. The van der Waals surface area contributed by atoms with Crippen LogP contribution in [0.4, 0.5) is 10.5 Å². The number of hydrogen-bond acceptors (Lipinski definition) is 6. The van der Waals surface area contributed by atoms with Crippen molar-refractivity contribution < 1.29 is 28.7 Å². The molecule has 1 saturated carbocycles. The van der Waals surface area contributed by atoms with E-state index in [1.807, 2.05) is 0 Å². The van der Waals surface area contributed by atoms with Gasteiger partial charge in [0.2, 0.25) is 5.91 Å². The second kappa shape index (κ2) is 9.51. The minimum Gasteiger partial charge on any atom is -0.465 e. The summed E-state index contributed by atoms with van der Waals surface area (Å²) in [5.41, 5.74) is 0.421. The number of carbonyl (C=O) groups excluding carboxylic acids is 5. The molecule has 9 nitrogen and oxygen atoms in total. The van der Waals surface area contributed by atoms with Crippen molar-refractivity contribution in [3.05, 3.63) is 30.3 Å². The van der Waals surface area contributed by atoms with Gasteiger partial charge in [0, 0.05) is 11.7 Å². The third-order valence-electron chi connectivity index (χ3n) is 5.28. The summed E-state index contributed by atoms with van der Waals surface area (Å²) in [5.74, 6) is -3.18. The van der Waals surface area contributed by atoms with Crippen LogP contribution in [0.2, 0.25) is 0 Å². The zero-order valence-electron chi connectivity index (χ0n) is 16.9. The first-order chi connectivity index (χ1) is 14.4. The SMILES string of the molecule is CCOC(=O)CN(C(=O)CN1C(=O)C(=O)N(C2CCCCC2)C1=O)c1ccccc1. The van der Waals surface area contributed by atoms with E-state index in [0.717, 1.165) is 29.1 Å². The minimum absolute atomic E-state index is 0.156. The summed E-state index contributed by atoms with van der Waals surface area (Å²) in [4.78, 5) is 65.4. The van der Waals surface area contributed by atoms with Gasteiger partial charge in [0.1, 0.15) is 13.1 Å². The van der Waals surface area contributed by atoms with Gasteiger partial charge in [0.15, 0.2) is 0 Å². The molecule has 3 rings (SSSR count). The summed E-state index contributed by atoms with van der Waals surface area (Å²) in [6.45, 7) is 0.817. The highest BCUT2D eigenvalue weighted by Crippen LogP contribution is 2.27. The number of hydrogen-bond donors (Lipinski definition) is 0. The van der Waals surface area contributed by atoms with Crippen molar-refractivity contribution in [1.82, 2.24) is 9.80 Å². The van der Waals surface area contributed by atoms with Crippen LogP contribution >= 0.6 is 0 Å². The van der Waals surface area contributed by atoms with Gasteiger partial charge >= 0.3 is 23.8 Å². The number of rotatable bonds is 7. The first-order valence-corrected chi connectivity index (χ1v) is 10.1. The van der Waals surface area contributed by atoms with Gasteiger partial charge in [0.25, 0.3) is 0 Å². The molecule has 0 aromatic heterocycles. The van der Waals surface area contributed by atoms with E-state index in [-0.39, 0.29) is 19.2 Å². The minimum atomic E-state index is -1.01. The molecule has 1 aromatic rings. The van der Waals surface area contributed by atoms with Crippen molar-refractivity contribution in [2.45, 2.75) is 45.1 Å². The molecular weight excluding hydrogens is 390 g/mol. The lowest BCUT2D eigenvalue weighted by atomic mass is 9.94. The van der Waals surface area contributed by atoms with Crippen molar-refractivity contribution in [3.8, 4) is 0 Å². The maximum absolute atomic E-state index is 13.0. The van der Waals surface area contributed by atoms with Gasteiger partial charge in [-0.1, -0.05) is 37.5 Å². The molecule has 0 unspecified atom stereocenters. The van der Waals surface area contributed by atoms with E-state index in [2.05, 4.69) is 0 Å². The molecule has 0 spiro atoms. The largest absolute Gasteiger partial charge is 0.465 e. The van der Waals surface area contributed by atoms with Gasteiger partial charge in [-0.25, -0.2) is 9.69 Å². The van der Waals surface area contributed by atoms with Crippen molar-refractivity contribution >= 4 is 35.4 Å². The summed E-state index contributed by atoms with van der Waals surface area (Å²) in [5, 5.41) is 0. The topological polar surface area (TPSA) is 104 Å². The summed E-state index contributed by atoms with van der Waals surface area (Å²) in [6.07, 6.45) is 4.12. The third-order valence-corrected chi connectivity index (χ3v) is 5.28. The molecule has 1 aliphatic heterocycles. The standard InChI is InChI=1S/C21H25N3O6/c1-2-30-18(26)14-22(15-9-5-3-6-10-15)17(25)13-23-19(27)20(28)24(21(23)29)16-11-7-4-8-12-16/h3,5-6,9-10,16H,2,4,7-8,11-14H2,1H3. The van der Waals surface area contributed by atoms with Gasteiger partial charge < -0.3 is 4.74 Å². The molecule has 2 aliphatic rings.